The topological polar surface area (TPSA) is 27.7 Å². The van der Waals surface area contributed by atoms with Crippen molar-refractivity contribution < 1.29 is 53.5 Å². The Morgan fingerprint density at radius 3 is 0.842 bits per heavy atom. The lowest BCUT2D eigenvalue weighted by Crippen LogP contribution is -2.40. The van der Waals surface area contributed by atoms with Crippen LogP contribution in [0.5, 0.6) is 0 Å². The highest BCUT2D eigenvalue weighted by molar-refractivity contribution is 6.36. The molecule has 0 N–H and O–H groups in total. The molecule has 0 aromatic carbocycles. The summed E-state index contributed by atoms with van der Waals surface area (Å²) in [6.45, 7) is 0. The van der Waals surface area contributed by atoms with Gasteiger partial charge in [-0.1, -0.05) is 0 Å². The monoisotopic (exact) mass is 308 g/mol. The van der Waals surface area contributed by atoms with Crippen molar-refractivity contribution in [2.24, 2.45) is 0 Å². The first kappa shape index (κ1) is 18.3. The molecule has 0 rings (SSSR count). The minimum absolute atomic E-state index is 3.14. The molecule has 0 heterocycles. The Bertz CT molecular complexity index is 208. The van der Waals surface area contributed by atoms with E-state index in [0.717, 1.165) is 0 Å². The number of rotatable bonds is 9. The summed E-state index contributed by atoms with van der Waals surface area (Å²) in [4.78, 5) is 0. The van der Waals surface area contributed by atoms with Crippen molar-refractivity contribution in [2.45, 2.75) is 38.3 Å². The number of alkyl halides is 9. The highest BCUT2D eigenvalue weighted by Crippen LogP contribution is 2.17. The predicted octanol–water partition coefficient (Wildman–Crippen LogP) is 2.70. The molecule has 0 bridgehead atoms. The van der Waals surface area contributed by atoms with Crippen molar-refractivity contribution >= 4 is 7.32 Å². The van der Waals surface area contributed by atoms with Gasteiger partial charge in [0.05, 0.1) is 0 Å². The molecule has 0 spiro atoms. The lowest BCUT2D eigenvalue weighted by atomic mass is 10.2. The number of hydrogen-bond acceptors (Lipinski definition) is 3. The molecule has 114 valence electrons. The Hall–Kier alpha value is -0.685. The largest absolute Gasteiger partial charge is 0.646 e. The van der Waals surface area contributed by atoms with Crippen molar-refractivity contribution in [1.29, 1.82) is 0 Å². The first-order valence-corrected chi connectivity index (χ1v) is 4.38. The molecule has 3 nitrogen and oxygen atoms in total. The van der Waals surface area contributed by atoms with Gasteiger partial charge in [-0.3, -0.25) is 0 Å². The molecule has 3 atom stereocenters. The third kappa shape index (κ3) is 7.47. The van der Waals surface area contributed by atoms with Crippen LogP contribution in [0.4, 0.5) is 39.5 Å². The van der Waals surface area contributed by atoms with E-state index >= 15 is 0 Å². The van der Waals surface area contributed by atoms with E-state index in [-0.39, 0.29) is 0 Å². The van der Waals surface area contributed by atoms with Crippen molar-refractivity contribution in [3.05, 3.63) is 0 Å². The fourth-order valence-corrected chi connectivity index (χ4v) is 0.593. The van der Waals surface area contributed by atoms with E-state index in [1.54, 1.807) is 0 Å². The molecule has 13 heteroatoms. The van der Waals surface area contributed by atoms with E-state index in [1.807, 2.05) is 0 Å². The van der Waals surface area contributed by atoms with Crippen LogP contribution in [-0.4, -0.2) is 45.7 Å². The van der Waals surface area contributed by atoms with Gasteiger partial charge in [0.1, 0.15) is 0 Å². The van der Waals surface area contributed by atoms with Gasteiger partial charge in [0, 0.05) is 0 Å². The first-order valence-electron chi connectivity index (χ1n) is 4.38. The molecular weight excluding hydrogens is 302 g/mol. The summed E-state index contributed by atoms with van der Waals surface area (Å²) in [7, 11) is -3.14. The third-order valence-corrected chi connectivity index (χ3v) is 1.32. The molecule has 0 aliphatic heterocycles. The summed E-state index contributed by atoms with van der Waals surface area (Å²) in [6.07, 6.45) is -22.2. The van der Waals surface area contributed by atoms with Gasteiger partial charge in [-0.05, 0) is 0 Å². The van der Waals surface area contributed by atoms with Crippen molar-refractivity contribution in [1.82, 2.24) is 0 Å². The van der Waals surface area contributed by atoms with Crippen LogP contribution in [0, 0.1) is 0 Å². The van der Waals surface area contributed by atoms with Crippen LogP contribution in [0.2, 0.25) is 0 Å². The lowest BCUT2D eigenvalue weighted by molar-refractivity contribution is -0.162. The SMILES string of the molecule is FC(F)C(F)OB(OC(F)C(F)F)OC(F)C(F)F. The smallest absolute Gasteiger partial charge is 0.351 e. The Morgan fingerprint density at radius 1 is 0.474 bits per heavy atom. The van der Waals surface area contributed by atoms with E-state index in [0.29, 0.717) is 0 Å². The van der Waals surface area contributed by atoms with Gasteiger partial charge in [0.15, 0.2) is 0 Å². The maximum atomic E-state index is 12.3. The summed E-state index contributed by atoms with van der Waals surface area (Å²) >= 11 is 0. The van der Waals surface area contributed by atoms with Gasteiger partial charge in [-0.2, -0.15) is 0 Å². The maximum absolute atomic E-state index is 12.3. The van der Waals surface area contributed by atoms with Crippen LogP contribution >= 0.6 is 0 Å². The highest BCUT2D eigenvalue weighted by Gasteiger charge is 2.40. The second-order valence-electron chi connectivity index (χ2n) is 2.75. The van der Waals surface area contributed by atoms with Gasteiger partial charge in [0.2, 0.25) is 0 Å². The highest BCUT2D eigenvalue weighted by atomic mass is 19.3. The van der Waals surface area contributed by atoms with Crippen LogP contribution in [0.3, 0.4) is 0 Å². The zero-order valence-electron chi connectivity index (χ0n) is 8.67. The van der Waals surface area contributed by atoms with Gasteiger partial charge in [-0.25, -0.2) is 39.5 Å². The number of halogens is 9. The zero-order chi connectivity index (χ0) is 15.2. The van der Waals surface area contributed by atoms with Crippen LogP contribution in [-0.2, 0) is 14.0 Å². The van der Waals surface area contributed by atoms with Gasteiger partial charge in [-0.15, -0.1) is 0 Å². The molecule has 19 heavy (non-hydrogen) atoms. The van der Waals surface area contributed by atoms with E-state index in [2.05, 4.69) is 14.0 Å². The molecule has 0 aliphatic carbocycles. The molecule has 0 aromatic rings. The van der Waals surface area contributed by atoms with Gasteiger partial charge >= 0.3 is 7.32 Å². The standard InChI is InChI=1S/C6H6BF9O3/c8-1(9)4(14)17-7(18-5(15)2(10)11)19-6(16)3(12)13/h1-6H. The molecule has 0 saturated carbocycles. The molecule has 0 aliphatic rings. The quantitative estimate of drug-likeness (QED) is 0.484. The summed E-state index contributed by atoms with van der Waals surface area (Å²) < 4.78 is 117. The van der Waals surface area contributed by atoms with E-state index in [9.17, 15) is 39.5 Å². The average molecular weight is 308 g/mol. The lowest BCUT2D eigenvalue weighted by Gasteiger charge is -2.19. The fraction of sp³-hybridized carbons (Fsp3) is 1.00. The van der Waals surface area contributed by atoms with E-state index in [4.69, 9.17) is 0 Å². The van der Waals surface area contributed by atoms with Crippen LogP contribution < -0.4 is 0 Å². The van der Waals surface area contributed by atoms with Crippen LogP contribution in [0.25, 0.3) is 0 Å². The van der Waals surface area contributed by atoms with E-state index < -0.39 is 45.7 Å². The molecular formula is C6H6BF9O3. The van der Waals surface area contributed by atoms with Gasteiger partial charge < -0.3 is 14.0 Å². The first-order chi connectivity index (χ1) is 8.65. The second-order valence-corrected chi connectivity index (χ2v) is 2.75. The minimum Gasteiger partial charge on any atom is -0.351 e. The van der Waals surface area contributed by atoms with E-state index in [1.165, 1.54) is 0 Å². The Kier molecular flexibility index (Phi) is 8.17. The molecule has 3 unspecified atom stereocenters. The second kappa shape index (κ2) is 8.48. The molecule has 0 saturated heterocycles. The Balaban J connectivity index is 4.54. The predicted molar refractivity (Wildman–Crippen MR) is 41.7 cm³/mol. The average Bonchev–Trinajstić information content (AvgIpc) is 2.27. The van der Waals surface area contributed by atoms with Crippen molar-refractivity contribution in [3.8, 4) is 0 Å². The fourth-order valence-electron chi connectivity index (χ4n) is 0.593. The Morgan fingerprint density at radius 2 is 0.684 bits per heavy atom. The summed E-state index contributed by atoms with van der Waals surface area (Å²) in [6, 6.07) is 0. The minimum atomic E-state index is -3.84. The van der Waals surface area contributed by atoms with Crippen molar-refractivity contribution in [3.63, 3.8) is 0 Å². The summed E-state index contributed by atoms with van der Waals surface area (Å²) in [5.74, 6) is 0. The zero-order valence-corrected chi connectivity index (χ0v) is 8.67. The van der Waals surface area contributed by atoms with Crippen molar-refractivity contribution in [2.75, 3.05) is 0 Å². The third-order valence-electron chi connectivity index (χ3n) is 1.32. The summed E-state index contributed by atoms with van der Waals surface area (Å²) in [5.41, 5.74) is 0. The normalized spacial score (nSPS) is 17.1. The summed E-state index contributed by atoms with van der Waals surface area (Å²) in [5, 5.41) is 0. The van der Waals surface area contributed by atoms with Crippen LogP contribution in [0.15, 0.2) is 0 Å². The van der Waals surface area contributed by atoms with Gasteiger partial charge in [0.25, 0.3) is 38.3 Å². The molecule has 0 amide bonds. The van der Waals surface area contributed by atoms with Crippen LogP contribution in [0.1, 0.15) is 0 Å². The number of hydrogen-bond donors (Lipinski definition) is 0. The molecule has 0 fully saturated rings. The maximum Gasteiger partial charge on any atom is 0.646 e. The Labute approximate surface area is 100 Å². The molecule has 0 radical (unpaired) electrons. The molecule has 0 aromatic heterocycles.